The second kappa shape index (κ2) is 5.79. The normalized spacial score (nSPS) is 10.2. The van der Waals surface area contributed by atoms with E-state index < -0.39 is 0 Å². The number of hydrogen-bond acceptors (Lipinski definition) is 6. The molecule has 0 saturated carbocycles. The highest BCUT2D eigenvalue weighted by atomic mass is 32.2. The van der Waals surface area contributed by atoms with Crippen molar-refractivity contribution < 1.29 is 4.79 Å². The van der Waals surface area contributed by atoms with Crippen molar-refractivity contribution in [1.82, 2.24) is 10.2 Å². The van der Waals surface area contributed by atoms with Gasteiger partial charge in [-0.25, -0.2) is 0 Å². The zero-order chi connectivity index (χ0) is 12.1. The fraction of sp³-hybridized carbons (Fsp3) is 0.182. The third kappa shape index (κ3) is 3.83. The molecule has 0 amide bonds. The predicted octanol–water partition coefficient (Wildman–Crippen LogP) is 2.96. The van der Waals surface area contributed by atoms with Crippen LogP contribution in [0.2, 0.25) is 0 Å². The molecule has 0 saturated heterocycles. The highest BCUT2D eigenvalue weighted by molar-refractivity contribution is 8.01. The smallest absolute Gasteiger partial charge is 0.210 e. The Morgan fingerprint density at radius 2 is 2.12 bits per heavy atom. The Bertz CT molecular complexity index is 498. The summed E-state index contributed by atoms with van der Waals surface area (Å²) in [7, 11) is 0. The Hall–Kier alpha value is -1.40. The van der Waals surface area contributed by atoms with Gasteiger partial charge in [0.1, 0.15) is 5.78 Å². The van der Waals surface area contributed by atoms with Gasteiger partial charge >= 0.3 is 0 Å². The first-order chi connectivity index (χ1) is 8.24. The van der Waals surface area contributed by atoms with E-state index in [1.807, 2.05) is 30.3 Å². The zero-order valence-corrected chi connectivity index (χ0v) is 10.8. The van der Waals surface area contributed by atoms with Crippen LogP contribution in [0.4, 0.5) is 10.8 Å². The second-order valence-electron chi connectivity index (χ2n) is 3.35. The van der Waals surface area contributed by atoms with Crippen LogP contribution in [0.25, 0.3) is 0 Å². The van der Waals surface area contributed by atoms with Crippen LogP contribution in [-0.4, -0.2) is 21.7 Å². The molecule has 17 heavy (non-hydrogen) atoms. The van der Waals surface area contributed by atoms with E-state index in [1.165, 1.54) is 23.1 Å². The van der Waals surface area contributed by atoms with Gasteiger partial charge in [0, 0.05) is 5.69 Å². The van der Waals surface area contributed by atoms with Crippen LogP contribution in [0.5, 0.6) is 0 Å². The summed E-state index contributed by atoms with van der Waals surface area (Å²) in [4.78, 5) is 10.8. The van der Waals surface area contributed by atoms with E-state index >= 15 is 0 Å². The number of carbonyl (C=O) groups is 1. The van der Waals surface area contributed by atoms with E-state index in [0.29, 0.717) is 5.75 Å². The van der Waals surface area contributed by atoms with Crippen molar-refractivity contribution >= 4 is 39.7 Å². The van der Waals surface area contributed by atoms with Gasteiger partial charge in [-0.2, -0.15) is 0 Å². The average Bonchev–Trinajstić information content (AvgIpc) is 2.75. The zero-order valence-electron chi connectivity index (χ0n) is 9.21. The summed E-state index contributed by atoms with van der Waals surface area (Å²) in [6, 6.07) is 9.79. The lowest BCUT2D eigenvalue weighted by atomic mass is 10.3. The van der Waals surface area contributed by atoms with E-state index in [-0.39, 0.29) is 5.78 Å². The van der Waals surface area contributed by atoms with Crippen LogP contribution < -0.4 is 5.32 Å². The summed E-state index contributed by atoms with van der Waals surface area (Å²) >= 11 is 2.86. The molecule has 88 valence electrons. The number of thioether (sulfide) groups is 1. The fourth-order valence-corrected chi connectivity index (χ4v) is 2.70. The molecule has 0 atom stereocenters. The highest BCUT2D eigenvalue weighted by Crippen LogP contribution is 2.27. The average molecular weight is 265 g/mol. The van der Waals surface area contributed by atoms with Crippen molar-refractivity contribution in [3.63, 3.8) is 0 Å². The van der Waals surface area contributed by atoms with Gasteiger partial charge in [-0.3, -0.25) is 4.79 Å². The molecule has 0 aliphatic heterocycles. The van der Waals surface area contributed by atoms with Crippen molar-refractivity contribution in [3.8, 4) is 0 Å². The summed E-state index contributed by atoms with van der Waals surface area (Å²) in [5.41, 5.74) is 0.978. The number of carbonyl (C=O) groups excluding carboxylic acids is 1. The molecule has 0 radical (unpaired) electrons. The van der Waals surface area contributed by atoms with Crippen LogP contribution in [0.15, 0.2) is 34.7 Å². The number of nitrogens with zero attached hydrogens (tertiary/aromatic N) is 2. The van der Waals surface area contributed by atoms with Crippen molar-refractivity contribution in [2.75, 3.05) is 11.1 Å². The van der Waals surface area contributed by atoms with Crippen molar-refractivity contribution in [2.45, 2.75) is 11.3 Å². The standard InChI is InChI=1S/C11H11N3OS2/c1-8(15)7-16-11-14-13-10(17-11)12-9-5-3-2-4-6-9/h2-6H,7H2,1H3,(H,12,13). The van der Waals surface area contributed by atoms with Gasteiger partial charge in [0.2, 0.25) is 5.13 Å². The summed E-state index contributed by atoms with van der Waals surface area (Å²) in [5, 5.41) is 11.9. The number of Topliss-reactive ketones (excluding diaryl/α,β-unsaturated/α-hetero) is 1. The number of rotatable bonds is 5. The predicted molar refractivity (Wildman–Crippen MR) is 71.0 cm³/mol. The highest BCUT2D eigenvalue weighted by Gasteiger charge is 2.05. The van der Waals surface area contributed by atoms with Gasteiger partial charge in [0.25, 0.3) is 0 Å². The van der Waals surface area contributed by atoms with Crippen molar-refractivity contribution in [3.05, 3.63) is 30.3 Å². The van der Waals surface area contributed by atoms with Crippen LogP contribution in [-0.2, 0) is 4.79 Å². The SMILES string of the molecule is CC(=O)CSc1nnc(Nc2ccccc2)s1. The number of aromatic nitrogens is 2. The van der Waals surface area contributed by atoms with E-state index in [1.54, 1.807) is 6.92 Å². The lowest BCUT2D eigenvalue weighted by Crippen LogP contribution is -1.92. The van der Waals surface area contributed by atoms with E-state index in [4.69, 9.17) is 0 Å². The fourth-order valence-electron chi connectivity index (χ4n) is 1.13. The number of benzene rings is 1. The number of nitrogens with one attached hydrogen (secondary N) is 1. The second-order valence-corrected chi connectivity index (χ2v) is 5.55. The molecule has 0 unspecified atom stereocenters. The molecular weight excluding hydrogens is 254 g/mol. The molecule has 0 aliphatic rings. The van der Waals surface area contributed by atoms with Crippen LogP contribution in [0.1, 0.15) is 6.92 Å². The van der Waals surface area contributed by atoms with Crippen molar-refractivity contribution in [1.29, 1.82) is 0 Å². The van der Waals surface area contributed by atoms with Crippen LogP contribution in [0.3, 0.4) is 0 Å². The van der Waals surface area contributed by atoms with Crippen LogP contribution in [0, 0.1) is 0 Å². The molecule has 0 fully saturated rings. The molecule has 0 spiro atoms. The monoisotopic (exact) mass is 265 g/mol. The summed E-state index contributed by atoms with van der Waals surface area (Å²) in [6.07, 6.45) is 0. The molecule has 1 aromatic heterocycles. The van der Waals surface area contributed by atoms with Crippen LogP contribution >= 0.6 is 23.1 Å². The minimum absolute atomic E-state index is 0.141. The molecular formula is C11H11N3OS2. The Balaban J connectivity index is 1.97. The largest absolute Gasteiger partial charge is 0.330 e. The third-order valence-corrected chi connectivity index (χ3v) is 3.95. The van der Waals surface area contributed by atoms with Crippen molar-refractivity contribution in [2.24, 2.45) is 0 Å². The topological polar surface area (TPSA) is 54.9 Å². The number of anilines is 2. The summed E-state index contributed by atoms with van der Waals surface area (Å²) in [6.45, 7) is 1.57. The van der Waals surface area contributed by atoms with Gasteiger partial charge in [-0.1, -0.05) is 41.3 Å². The van der Waals surface area contributed by atoms with Gasteiger partial charge < -0.3 is 5.32 Å². The Kier molecular flexibility index (Phi) is 4.11. The summed E-state index contributed by atoms with van der Waals surface area (Å²) < 4.78 is 0.804. The van der Waals surface area contributed by atoms with Gasteiger partial charge in [-0.15, -0.1) is 10.2 Å². The maximum atomic E-state index is 10.8. The minimum atomic E-state index is 0.141. The number of ketones is 1. The number of para-hydroxylation sites is 1. The molecule has 2 aromatic rings. The van der Waals surface area contributed by atoms with Gasteiger partial charge in [-0.05, 0) is 19.1 Å². The lowest BCUT2D eigenvalue weighted by molar-refractivity contribution is -0.114. The molecule has 1 aromatic carbocycles. The Morgan fingerprint density at radius 1 is 1.35 bits per heavy atom. The molecule has 4 nitrogen and oxygen atoms in total. The molecule has 0 bridgehead atoms. The van der Waals surface area contributed by atoms with E-state index in [0.717, 1.165) is 15.2 Å². The van der Waals surface area contributed by atoms with Gasteiger partial charge in [0.05, 0.1) is 5.75 Å². The molecule has 2 rings (SSSR count). The first-order valence-electron chi connectivity index (χ1n) is 5.02. The molecule has 6 heteroatoms. The quantitative estimate of drug-likeness (QED) is 0.842. The first kappa shape index (κ1) is 12.1. The molecule has 1 heterocycles. The first-order valence-corrected chi connectivity index (χ1v) is 6.82. The van der Waals surface area contributed by atoms with E-state index in [2.05, 4.69) is 15.5 Å². The minimum Gasteiger partial charge on any atom is -0.330 e. The molecule has 1 N–H and O–H groups in total. The lowest BCUT2D eigenvalue weighted by Gasteiger charge is -1.99. The van der Waals surface area contributed by atoms with Gasteiger partial charge in [0.15, 0.2) is 4.34 Å². The Labute approximate surface area is 107 Å². The summed E-state index contributed by atoms with van der Waals surface area (Å²) in [5.74, 6) is 0.586. The maximum absolute atomic E-state index is 10.8. The molecule has 0 aliphatic carbocycles. The van der Waals surface area contributed by atoms with E-state index in [9.17, 15) is 4.79 Å². The maximum Gasteiger partial charge on any atom is 0.210 e. The number of hydrogen-bond donors (Lipinski definition) is 1. The Morgan fingerprint density at radius 3 is 2.82 bits per heavy atom. The third-order valence-electron chi connectivity index (χ3n) is 1.83.